The fourth-order valence-corrected chi connectivity index (χ4v) is 1.30. The highest BCUT2D eigenvalue weighted by atomic mass is 35.5. The van der Waals surface area contributed by atoms with E-state index in [0.29, 0.717) is 6.61 Å². The van der Waals surface area contributed by atoms with Crippen LogP contribution in [-0.4, -0.2) is 12.6 Å². The summed E-state index contributed by atoms with van der Waals surface area (Å²) in [6.07, 6.45) is 3.23. The fraction of sp³-hybridized carbons (Fsp3) is 0.250. The molecule has 1 aromatic rings. The van der Waals surface area contributed by atoms with Crippen LogP contribution in [0.15, 0.2) is 24.3 Å². The summed E-state index contributed by atoms with van der Waals surface area (Å²) in [4.78, 5) is 11.1. The van der Waals surface area contributed by atoms with E-state index < -0.39 is 11.8 Å². The van der Waals surface area contributed by atoms with Gasteiger partial charge in [0.25, 0.3) is 0 Å². The molecule has 0 spiro atoms. The minimum Gasteiger partial charge on any atom is -0.463 e. The van der Waals surface area contributed by atoms with E-state index in [1.54, 1.807) is 6.07 Å². The predicted octanol–water partition coefficient (Wildman–Crippen LogP) is 3.45. The van der Waals surface area contributed by atoms with Crippen LogP contribution in [0.5, 0.6) is 0 Å². The van der Waals surface area contributed by atoms with Crippen LogP contribution in [0.25, 0.3) is 6.08 Å². The Morgan fingerprint density at radius 2 is 2.31 bits per heavy atom. The molecular weight excluding hydrogens is 231 g/mol. The Hall–Kier alpha value is -1.35. The average Bonchev–Trinajstić information content (AvgIpc) is 2.25. The predicted molar refractivity (Wildman–Crippen MR) is 61.7 cm³/mol. The van der Waals surface area contributed by atoms with Crippen molar-refractivity contribution < 1.29 is 13.9 Å². The molecule has 0 saturated carbocycles. The third-order valence-electron chi connectivity index (χ3n) is 1.83. The number of carbonyl (C=O) groups is 1. The average molecular weight is 243 g/mol. The van der Waals surface area contributed by atoms with Crippen LogP contribution in [-0.2, 0) is 9.53 Å². The number of hydrogen-bond acceptors (Lipinski definition) is 2. The molecule has 16 heavy (non-hydrogen) atoms. The number of hydrogen-bond donors (Lipinski definition) is 0. The van der Waals surface area contributed by atoms with E-state index in [-0.39, 0.29) is 10.6 Å². The van der Waals surface area contributed by atoms with Gasteiger partial charge < -0.3 is 4.74 Å². The maximum Gasteiger partial charge on any atom is 0.330 e. The van der Waals surface area contributed by atoms with E-state index in [0.717, 1.165) is 6.42 Å². The van der Waals surface area contributed by atoms with Crippen molar-refractivity contribution in [1.29, 1.82) is 0 Å². The lowest BCUT2D eigenvalue weighted by Crippen LogP contribution is -2.00. The number of carbonyl (C=O) groups excluding carboxylic acids is 1. The number of benzene rings is 1. The van der Waals surface area contributed by atoms with Crippen LogP contribution in [0.1, 0.15) is 18.9 Å². The van der Waals surface area contributed by atoms with Crippen LogP contribution >= 0.6 is 11.6 Å². The Labute approximate surface area is 98.7 Å². The van der Waals surface area contributed by atoms with Crippen molar-refractivity contribution in [3.63, 3.8) is 0 Å². The molecule has 0 bridgehead atoms. The van der Waals surface area contributed by atoms with Gasteiger partial charge in [-0.2, -0.15) is 0 Å². The van der Waals surface area contributed by atoms with E-state index in [1.807, 2.05) is 6.92 Å². The first-order chi connectivity index (χ1) is 7.65. The molecule has 4 heteroatoms. The lowest BCUT2D eigenvalue weighted by Gasteiger charge is -2.00. The molecule has 0 aliphatic rings. The van der Waals surface area contributed by atoms with Crippen molar-refractivity contribution in [2.24, 2.45) is 0 Å². The van der Waals surface area contributed by atoms with Crippen LogP contribution in [0.2, 0.25) is 5.02 Å². The molecule has 0 saturated heterocycles. The Bertz CT molecular complexity index is 382. The molecule has 2 nitrogen and oxygen atoms in total. The van der Waals surface area contributed by atoms with Gasteiger partial charge in [0, 0.05) is 11.6 Å². The summed E-state index contributed by atoms with van der Waals surface area (Å²) in [7, 11) is 0. The zero-order valence-corrected chi connectivity index (χ0v) is 9.63. The van der Waals surface area contributed by atoms with Crippen molar-refractivity contribution in [1.82, 2.24) is 0 Å². The Morgan fingerprint density at radius 1 is 1.56 bits per heavy atom. The highest BCUT2D eigenvalue weighted by Crippen LogP contribution is 2.20. The van der Waals surface area contributed by atoms with Crippen molar-refractivity contribution in [3.05, 3.63) is 40.7 Å². The molecule has 1 rings (SSSR count). The summed E-state index contributed by atoms with van der Waals surface area (Å²) in [6.45, 7) is 2.25. The first-order valence-corrected chi connectivity index (χ1v) is 5.31. The van der Waals surface area contributed by atoms with E-state index in [1.165, 1.54) is 24.3 Å². The molecule has 0 heterocycles. The summed E-state index contributed by atoms with van der Waals surface area (Å²) in [5.41, 5.74) is 0.192. The minimum absolute atomic E-state index is 0.192. The van der Waals surface area contributed by atoms with Gasteiger partial charge in [-0.15, -0.1) is 0 Å². The van der Waals surface area contributed by atoms with Gasteiger partial charge >= 0.3 is 5.97 Å². The van der Waals surface area contributed by atoms with Gasteiger partial charge in [-0.05, 0) is 24.6 Å². The van der Waals surface area contributed by atoms with Crippen LogP contribution in [0.3, 0.4) is 0 Å². The summed E-state index contributed by atoms with van der Waals surface area (Å²) >= 11 is 5.77. The molecule has 0 radical (unpaired) electrons. The normalized spacial score (nSPS) is 10.7. The standard InChI is InChI=1S/C12H12ClFO2/c1-2-8-16-12(15)7-6-9-10(13)4-3-5-11(9)14/h3-7H,2,8H2,1H3. The highest BCUT2D eigenvalue weighted by molar-refractivity contribution is 6.32. The zero-order chi connectivity index (χ0) is 12.0. The van der Waals surface area contributed by atoms with Gasteiger partial charge in [0.2, 0.25) is 0 Å². The summed E-state index contributed by atoms with van der Waals surface area (Å²) in [5, 5.41) is 0.263. The largest absolute Gasteiger partial charge is 0.463 e. The SMILES string of the molecule is CCCOC(=O)C=Cc1c(F)cccc1Cl. The monoisotopic (exact) mass is 242 g/mol. The van der Waals surface area contributed by atoms with Crippen LogP contribution in [0.4, 0.5) is 4.39 Å². The van der Waals surface area contributed by atoms with Gasteiger partial charge in [0.15, 0.2) is 0 Å². The van der Waals surface area contributed by atoms with Gasteiger partial charge in [-0.1, -0.05) is 24.6 Å². The number of ether oxygens (including phenoxy) is 1. The lowest BCUT2D eigenvalue weighted by molar-refractivity contribution is -0.137. The second kappa shape index (κ2) is 6.28. The Balaban J connectivity index is 2.72. The first kappa shape index (κ1) is 12.7. The van der Waals surface area contributed by atoms with Gasteiger partial charge in [0.1, 0.15) is 5.82 Å². The fourth-order valence-electron chi connectivity index (χ4n) is 1.07. The first-order valence-electron chi connectivity index (χ1n) is 4.94. The molecule has 0 unspecified atom stereocenters. The molecule has 0 aromatic heterocycles. The molecule has 0 aliphatic carbocycles. The third kappa shape index (κ3) is 3.66. The van der Waals surface area contributed by atoms with Crippen molar-refractivity contribution in [2.75, 3.05) is 6.61 Å². The second-order valence-electron chi connectivity index (χ2n) is 3.14. The third-order valence-corrected chi connectivity index (χ3v) is 2.16. The van der Waals surface area contributed by atoms with E-state index in [9.17, 15) is 9.18 Å². The molecule has 1 aromatic carbocycles. The second-order valence-corrected chi connectivity index (χ2v) is 3.54. The van der Waals surface area contributed by atoms with Crippen LogP contribution in [0, 0.1) is 5.82 Å². The summed E-state index contributed by atoms with van der Waals surface area (Å²) in [5.74, 6) is -0.965. The summed E-state index contributed by atoms with van der Waals surface area (Å²) < 4.78 is 18.1. The quantitative estimate of drug-likeness (QED) is 0.597. The van der Waals surface area contributed by atoms with Crippen molar-refractivity contribution in [3.8, 4) is 0 Å². The minimum atomic E-state index is -0.499. The van der Waals surface area contributed by atoms with Crippen molar-refractivity contribution >= 4 is 23.6 Å². The highest BCUT2D eigenvalue weighted by Gasteiger charge is 2.03. The van der Waals surface area contributed by atoms with E-state index in [2.05, 4.69) is 0 Å². The van der Waals surface area contributed by atoms with Gasteiger partial charge in [0.05, 0.1) is 11.6 Å². The van der Waals surface area contributed by atoms with Crippen molar-refractivity contribution in [2.45, 2.75) is 13.3 Å². The zero-order valence-electron chi connectivity index (χ0n) is 8.87. The van der Waals surface area contributed by atoms with E-state index in [4.69, 9.17) is 16.3 Å². The molecule has 86 valence electrons. The van der Waals surface area contributed by atoms with Gasteiger partial charge in [-0.25, -0.2) is 9.18 Å². The molecular formula is C12H12ClFO2. The molecule has 0 aliphatic heterocycles. The Kier molecular flexibility index (Phi) is 4.99. The lowest BCUT2D eigenvalue weighted by atomic mass is 10.2. The number of rotatable bonds is 4. The molecule has 0 atom stereocenters. The van der Waals surface area contributed by atoms with E-state index >= 15 is 0 Å². The molecule has 0 N–H and O–H groups in total. The maximum absolute atomic E-state index is 13.3. The number of esters is 1. The maximum atomic E-state index is 13.3. The van der Waals surface area contributed by atoms with Crippen LogP contribution < -0.4 is 0 Å². The molecule has 0 fully saturated rings. The topological polar surface area (TPSA) is 26.3 Å². The summed E-state index contributed by atoms with van der Waals surface area (Å²) in [6, 6.07) is 4.34. The Morgan fingerprint density at radius 3 is 2.94 bits per heavy atom. The number of halogens is 2. The smallest absolute Gasteiger partial charge is 0.330 e. The van der Waals surface area contributed by atoms with Gasteiger partial charge in [-0.3, -0.25) is 0 Å². The molecule has 0 amide bonds.